The molecule has 0 saturated carbocycles. The highest BCUT2D eigenvalue weighted by Gasteiger charge is 2.72. The second kappa shape index (κ2) is 15.6. The van der Waals surface area contributed by atoms with Crippen LogP contribution in [0.5, 0.6) is 0 Å². The van der Waals surface area contributed by atoms with Crippen molar-refractivity contribution < 1.29 is 9.15 Å². The molecule has 0 amide bonds. The van der Waals surface area contributed by atoms with Crippen molar-refractivity contribution in [2.24, 2.45) is 0 Å². The normalized spacial score (nSPS) is 16.0. The van der Waals surface area contributed by atoms with Gasteiger partial charge in [0.2, 0.25) is 22.8 Å². The van der Waals surface area contributed by atoms with Gasteiger partial charge in [0.25, 0.3) is 0 Å². The van der Waals surface area contributed by atoms with Gasteiger partial charge in [0.15, 0.2) is 0 Å². The first-order chi connectivity index (χ1) is 30.7. The molecule has 300 valence electrons. The maximum Gasteiger partial charge on any atom is 0.553 e. The minimum absolute atomic E-state index is 0.752. The Morgan fingerprint density at radius 3 is 1.26 bits per heavy atom. The summed E-state index contributed by atoms with van der Waals surface area (Å²) in [6.45, 7) is 10.5. The van der Waals surface area contributed by atoms with Gasteiger partial charge >= 0.3 is 5.91 Å². The lowest BCUT2D eigenvalue weighted by Gasteiger charge is -2.41. The number of benzene rings is 4. The van der Waals surface area contributed by atoms with E-state index < -0.39 is 5.91 Å². The van der Waals surface area contributed by atoms with E-state index in [1.165, 1.54) is 96.3 Å². The van der Waals surface area contributed by atoms with Gasteiger partial charge < -0.3 is 0 Å². The van der Waals surface area contributed by atoms with Crippen LogP contribution in [-0.2, 0) is 18.9 Å². The number of rotatable bonds is 6. The highest BCUT2D eigenvalue weighted by atomic mass is 15.6. The van der Waals surface area contributed by atoms with Gasteiger partial charge in [0.1, 0.15) is 0 Å². The molecule has 13 rings (SSSR count). The summed E-state index contributed by atoms with van der Waals surface area (Å²) in [6, 6.07) is 53.1. The molecule has 7 aromatic rings. The molecular weight excluding hydrogens is 757 g/mol. The van der Waals surface area contributed by atoms with Gasteiger partial charge in [-0.15, -0.1) is 5.10 Å². The van der Waals surface area contributed by atoms with Crippen molar-refractivity contribution in [1.82, 2.24) is 24.1 Å². The monoisotopic (exact) mass is 805 g/mol. The van der Waals surface area contributed by atoms with E-state index in [1.807, 2.05) is 31.6 Å². The zero-order valence-corrected chi connectivity index (χ0v) is 35.9. The Morgan fingerprint density at radius 2 is 0.903 bits per heavy atom. The van der Waals surface area contributed by atoms with Crippen LogP contribution in [0.25, 0.3) is 22.3 Å². The second-order valence-corrected chi connectivity index (χ2v) is 15.2. The molecule has 8 heteroatoms. The molecule has 0 atom stereocenters. The summed E-state index contributed by atoms with van der Waals surface area (Å²) < 4.78 is 12.4. The first-order valence-corrected chi connectivity index (χ1v) is 21.8. The molecule has 6 aliphatic rings. The fourth-order valence-electron chi connectivity index (χ4n) is 9.98. The van der Waals surface area contributed by atoms with Crippen molar-refractivity contribution >= 4 is 41.6 Å². The van der Waals surface area contributed by atoms with E-state index in [0.717, 1.165) is 18.7 Å². The average Bonchev–Trinajstić information content (AvgIpc) is 4.22. The molecule has 0 bridgehead atoms. The predicted octanol–water partition coefficient (Wildman–Crippen LogP) is 8.51. The Hall–Kier alpha value is -7.32. The highest BCUT2D eigenvalue weighted by Crippen LogP contribution is 2.52. The van der Waals surface area contributed by atoms with E-state index >= 15 is 0 Å². The molecule has 0 fully saturated rings. The van der Waals surface area contributed by atoms with E-state index in [9.17, 15) is 0 Å². The smallest absolute Gasteiger partial charge is 0.253 e. The molecule has 3 aromatic heterocycles. The minimum atomic E-state index is -0.752. The van der Waals surface area contributed by atoms with Gasteiger partial charge in [0, 0.05) is 37.0 Å². The second-order valence-electron chi connectivity index (χ2n) is 15.2. The van der Waals surface area contributed by atoms with Crippen LogP contribution in [0, 0.1) is 0 Å². The van der Waals surface area contributed by atoms with Crippen molar-refractivity contribution in [3.05, 3.63) is 238 Å². The maximum absolute atomic E-state index is 4.50. The van der Waals surface area contributed by atoms with Crippen LogP contribution in [-0.4, -0.2) is 52.5 Å². The van der Waals surface area contributed by atoms with Crippen LogP contribution >= 0.6 is 0 Å². The van der Waals surface area contributed by atoms with Crippen molar-refractivity contribution in [3.8, 4) is 0 Å². The lowest BCUT2D eigenvalue weighted by molar-refractivity contribution is -0.834. The van der Waals surface area contributed by atoms with Crippen molar-refractivity contribution in [2.45, 2.75) is 53.4 Å². The summed E-state index contributed by atoms with van der Waals surface area (Å²) in [6.07, 6.45) is 12.4. The van der Waals surface area contributed by atoms with E-state index in [4.69, 9.17) is 0 Å². The minimum Gasteiger partial charge on any atom is -0.253 e. The maximum atomic E-state index is 4.50. The van der Waals surface area contributed by atoms with E-state index in [1.54, 1.807) is 0 Å². The summed E-state index contributed by atoms with van der Waals surface area (Å²) in [5, 5.41) is 10.2. The Kier molecular flexibility index (Phi) is 9.79. The number of hydrogen-bond donors (Lipinski definition) is 0. The molecule has 6 aliphatic heterocycles. The molecule has 4 aromatic carbocycles. The summed E-state index contributed by atoms with van der Waals surface area (Å²) in [5.74, 6) is -0.752. The summed E-state index contributed by atoms with van der Waals surface area (Å²) >= 11 is 0. The fourth-order valence-corrected chi connectivity index (χ4v) is 9.98. The number of hydrogen-bond acceptors (Lipinski definition) is 2. The first-order valence-electron chi connectivity index (χ1n) is 21.8. The molecule has 62 heavy (non-hydrogen) atoms. The quantitative estimate of drug-likeness (QED) is 0.125. The Balaban J connectivity index is 0.000000311. The lowest BCUT2D eigenvalue weighted by Crippen LogP contribution is -2.71. The fraction of sp³-hybridized carbons (Fsp3) is 0.148. The molecular formula is C54H48BN7+2. The zero-order valence-electron chi connectivity index (χ0n) is 35.9. The van der Waals surface area contributed by atoms with E-state index in [-0.39, 0.29) is 0 Å². The van der Waals surface area contributed by atoms with Gasteiger partial charge in [-0.3, -0.25) is 4.68 Å². The Morgan fingerprint density at radius 1 is 0.500 bits per heavy atom. The number of allylic oxidation sites excluding steroid dienone is 4. The third-order valence-corrected chi connectivity index (χ3v) is 12.3. The summed E-state index contributed by atoms with van der Waals surface area (Å²) in [4.78, 5) is 0. The summed E-state index contributed by atoms with van der Waals surface area (Å²) in [5.41, 5.74) is 18.2. The van der Waals surface area contributed by atoms with Crippen molar-refractivity contribution in [2.75, 3.05) is 0 Å². The molecule has 9 heterocycles. The first kappa shape index (κ1) is 38.9. The molecule has 0 unspecified atom stereocenters. The van der Waals surface area contributed by atoms with Crippen LogP contribution in [0.4, 0.5) is 0 Å². The highest BCUT2D eigenvalue weighted by molar-refractivity contribution is 6.29. The van der Waals surface area contributed by atoms with Crippen LogP contribution in [0.1, 0.15) is 67.0 Å². The summed E-state index contributed by atoms with van der Waals surface area (Å²) in [7, 11) is 4.50. The van der Waals surface area contributed by atoms with Gasteiger partial charge in [-0.05, 0) is 59.9 Å². The van der Waals surface area contributed by atoms with Gasteiger partial charge in [-0.2, -0.15) is 9.13 Å². The third-order valence-electron chi connectivity index (χ3n) is 12.3. The Bertz CT molecular complexity index is 3000. The average molecular weight is 806 g/mol. The van der Waals surface area contributed by atoms with Crippen LogP contribution < -0.4 is 10.7 Å². The standard InChI is InChI=1S/C45H28N4.C6H11N3.C2H6.CH3B/c1-5-13-29(14-6-1)41-33-21-23-35-42(30-15-7-2-8-16-30)37-25-27-39-44(32-19-11-4-12-20-32)40-28-26-38-43(31-17-9-3-10-18-31)36-24-22-34(41)47(36)45(46(33)35,48(37)39)49(38)40;1-3-6-5-9(4-2)8-7-6;2*1-2/h1-28H;5H,3-4H2,1-2H3;1-2H3;1H3/q+2;;;. The molecule has 0 saturated heterocycles. The van der Waals surface area contributed by atoms with Crippen LogP contribution in [0.15, 0.2) is 187 Å². The van der Waals surface area contributed by atoms with Crippen LogP contribution in [0.3, 0.4) is 0 Å². The molecule has 0 aliphatic carbocycles. The number of nitrogens with zero attached hydrogens (tertiary/aromatic N) is 7. The number of aromatic nitrogens is 5. The van der Waals surface area contributed by atoms with Crippen molar-refractivity contribution in [1.29, 1.82) is 0 Å². The third kappa shape index (κ3) is 5.38. The lowest BCUT2D eigenvalue weighted by atomic mass is 9.93. The van der Waals surface area contributed by atoms with Gasteiger partial charge in [-0.1, -0.05) is 163 Å². The molecule has 1 spiro atoms. The molecule has 0 N–H and O–H groups in total. The zero-order chi connectivity index (χ0) is 42.5. The van der Waals surface area contributed by atoms with E-state index in [0.29, 0.717) is 0 Å². The van der Waals surface area contributed by atoms with Crippen LogP contribution in [0.2, 0.25) is 6.82 Å². The van der Waals surface area contributed by atoms with E-state index in [2.05, 4.69) is 213 Å². The number of aryl methyl sites for hydroxylation is 2. The van der Waals surface area contributed by atoms with Gasteiger partial charge in [-0.25, -0.2) is 0 Å². The van der Waals surface area contributed by atoms with Gasteiger partial charge in [0.05, 0.1) is 57.9 Å². The predicted molar refractivity (Wildman–Crippen MR) is 251 cm³/mol. The molecule has 2 radical (unpaired) electrons. The van der Waals surface area contributed by atoms with Crippen molar-refractivity contribution in [3.63, 3.8) is 0 Å². The largest absolute Gasteiger partial charge is 0.553 e. The Labute approximate surface area is 364 Å². The molecule has 7 nitrogen and oxygen atoms in total. The topological polar surface area (TPSA) is 46.6 Å². The SMILES string of the molecule is C1=CC2=[N+]3C1=C(c1ccccc1)c1ccc4n1C31n3c(ccc3=C(c3ccccc3)C3=[N+]1C(=C4c1ccccc1)C=C3)=C2c1ccccc1.CC.CCc1cn(CC)nn1.[B]C.